The first-order valence-electron chi connectivity index (χ1n) is 9.89. The van der Waals surface area contributed by atoms with Gasteiger partial charge in [0.25, 0.3) is 0 Å². The Kier molecular flexibility index (Phi) is 4.12. The van der Waals surface area contributed by atoms with E-state index in [2.05, 4.69) is 20.3 Å². The van der Waals surface area contributed by atoms with Crippen LogP contribution in [0.5, 0.6) is 11.5 Å². The smallest absolute Gasteiger partial charge is 0.348 e. The van der Waals surface area contributed by atoms with Crippen LogP contribution in [0, 0.1) is 6.92 Å². The molecule has 0 bridgehead atoms. The molecule has 5 aromatic rings. The van der Waals surface area contributed by atoms with E-state index in [1.54, 1.807) is 17.8 Å². The molecule has 160 valence electrons. The first-order valence-corrected chi connectivity index (χ1v) is 10.7. The summed E-state index contributed by atoms with van der Waals surface area (Å²) < 4.78 is 17.6. The molecule has 5 heterocycles. The van der Waals surface area contributed by atoms with Crippen LogP contribution in [0.2, 0.25) is 0 Å². The van der Waals surface area contributed by atoms with Gasteiger partial charge in [0.05, 0.1) is 17.7 Å². The maximum Gasteiger partial charge on any atom is 0.348 e. The van der Waals surface area contributed by atoms with Crippen LogP contribution in [0.15, 0.2) is 30.6 Å². The van der Waals surface area contributed by atoms with E-state index in [0.717, 1.165) is 28.0 Å². The summed E-state index contributed by atoms with van der Waals surface area (Å²) in [6.45, 7) is 4.19. The second kappa shape index (κ2) is 7.02. The monoisotopic (exact) mass is 448 g/mol. The van der Waals surface area contributed by atoms with Crippen LogP contribution >= 0.6 is 11.3 Å². The number of rotatable bonds is 4. The molecule has 11 heteroatoms. The van der Waals surface area contributed by atoms with Crippen molar-refractivity contribution < 1.29 is 19.0 Å². The average Bonchev–Trinajstić information content (AvgIpc) is 3.57. The standard InChI is InChI=1S/C21H16N6O4S/c1-3-29-21(28)17-10(2)16-19-23-18(26-27(19)8-22-20(16)32-17)13-7-12(24-25-13)11-4-5-14-15(6-11)31-9-30-14/h4-8H,3,9H2,1-2H3,(H,24,25). The minimum Gasteiger partial charge on any atom is -0.462 e. The molecule has 1 N–H and O–H groups in total. The number of thiophene rings is 1. The largest absolute Gasteiger partial charge is 0.462 e. The molecule has 0 saturated heterocycles. The predicted octanol–water partition coefficient (Wildman–Crippen LogP) is 3.61. The average molecular weight is 448 g/mol. The van der Waals surface area contributed by atoms with Gasteiger partial charge in [-0.15, -0.1) is 16.4 Å². The van der Waals surface area contributed by atoms with Crippen molar-refractivity contribution in [3.05, 3.63) is 41.0 Å². The van der Waals surface area contributed by atoms with Crippen LogP contribution in [0.3, 0.4) is 0 Å². The molecule has 0 unspecified atom stereocenters. The molecular formula is C21H16N6O4S. The molecule has 4 aromatic heterocycles. The summed E-state index contributed by atoms with van der Waals surface area (Å²) in [4.78, 5) is 22.7. The number of esters is 1. The number of benzene rings is 1. The van der Waals surface area contributed by atoms with Crippen molar-refractivity contribution in [2.24, 2.45) is 0 Å². The van der Waals surface area contributed by atoms with Gasteiger partial charge in [-0.3, -0.25) is 5.10 Å². The van der Waals surface area contributed by atoms with E-state index < -0.39 is 0 Å². The highest BCUT2D eigenvalue weighted by Gasteiger charge is 2.22. The second-order valence-electron chi connectivity index (χ2n) is 7.14. The molecule has 0 radical (unpaired) electrons. The highest BCUT2D eigenvalue weighted by Crippen LogP contribution is 2.36. The summed E-state index contributed by atoms with van der Waals surface area (Å²) in [6.07, 6.45) is 1.59. The number of carbonyl (C=O) groups is 1. The molecule has 0 amide bonds. The summed E-state index contributed by atoms with van der Waals surface area (Å²) in [7, 11) is 0. The molecule has 32 heavy (non-hydrogen) atoms. The number of hydrogen-bond donors (Lipinski definition) is 1. The van der Waals surface area contributed by atoms with E-state index in [1.165, 1.54) is 11.3 Å². The lowest BCUT2D eigenvalue weighted by atomic mass is 10.1. The Balaban J connectivity index is 1.41. The summed E-state index contributed by atoms with van der Waals surface area (Å²) in [6, 6.07) is 7.54. The van der Waals surface area contributed by atoms with Gasteiger partial charge in [0, 0.05) is 5.56 Å². The van der Waals surface area contributed by atoms with Crippen LogP contribution in [0.1, 0.15) is 22.2 Å². The lowest BCUT2D eigenvalue weighted by Gasteiger charge is -1.99. The predicted molar refractivity (Wildman–Crippen MR) is 116 cm³/mol. The SMILES string of the molecule is CCOC(=O)c1sc2ncn3nc(-c4cc(-c5ccc6c(c5)OCO6)n[nH]4)nc3c2c1C. The van der Waals surface area contributed by atoms with Gasteiger partial charge in [0.1, 0.15) is 21.7 Å². The van der Waals surface area contributed by atoms with Crippen molar-refractivity contribution in [1.82, 2.24) is 29.8 Å². The minimum absolute atomic E-state index is 0.220. The van der Waals surface area contributed by atoms with E-state index in [4.69, 9.17) is 19.2 Å². The van der Waals surface area contributed by atoms with Crippen molar-refractivity contribution in [1.29, 1.82) is 0 Å². The minimum atomic E-state index is -0.354. The Bertz CT molecular complexity index is 1520. The Labute approximate surface area is 184 Å². The maximum atomic E-state index is 12.3. The van der Waals surface area contributed by atoms with Gasteiger partial charge < -0.3 is 14.2 Å². The van der Waals surface area contributed by atoms with Gasteiger partial charge >= 0.3 is 5.97 Å². The van der Waals surface area contributed by atoms with Gasteiger partial charge in [-0.05, 0) is 43.7 Å². The zero-order valence-electron chi connectivity index (χ0n) is 17.1. The first kappa shape index (κ1) is 18.8. The molecule has 0 aliphatic carbocycles. The number of aromatic amines is 1. The fourth-order valence-electron chi connectivity index (χ4n) is 3.68. The molecule has 1 aliphatic heterocycles. The van der Waals surface area contributed by atoms with Gasteiger partial charge in [-0.25, -0.2) is 19.3 Å². The lowest BCUT2D eigenvalue weighted by Crippen LogP contribution is -2.03. The molecular weight excluding hydrogens is 432 g/mol. The molecule has 10 nitrogen and oxygen atoms in total. The number of ether oxygens (including phenoxy) is 3. The Hall–Kier alpha value is -3.99. The third-order valence-electron chi connectivity index (χ3n) is 5.22. The Morgan fingerprint density at radius 1 is 1.28 bits per heavy atom. The van der Waals surface area contributed by atoms with E-state index in [1.807, 2.05) is 31.2 Å². The summed E-state index contributed by atoms with van der Waals surface area (Å²) >= 11 is 1.29. The molecule has 0 spiro atoms. The highest BCUT2D eigenvalue weighted by molar-refractivity contribution is 7.20. The van der Waals surface area contributed by atoms with Crippen LogP contribution in [-0.2, 0) is 4.74 Å². The second-order valence-corrected chi connectivity index (χ2v) is 8.14. The third kappa shape index (κ3) is 2.82. The Morgan fingerprint density at radius 2 is 2.16 bits per heavy atom. The number of fused-ring (bicyclic) bond motifs is 4. The summed E-state index contributed by atoms with van der Waals surface area (Å²) in [5, 5.41) is 12.7. The van der Waals surface area contributed by atoms with Crippen molar-refractivity contribution in [3.63, 3.8) is 0 Å². The van der Waals surface area contributed by atoms with E-state index in [9.17, 15) is 4.79 Å². The van der Waals surface area contributed by atoms with Crippen molar-refractivity contribution >= 4 is 33.2 Å². The molecule has 0 fully saturated rings. The van der Waals surface area contributed by atoms with Crippen LogP contribution in [-0.4, -0.2) is 49.1 Å². The summed E-state index contributed by atoms with van der Waals surface area (Å²) in [5.74, 6) is 1.53. The molecule has 0 saturated carbocycles. The number of nitrogens with one attached hydrogen (secondary N) is 1. The fraction of sp³-hybridized carbons (Fsp3) is 0.190. The van der Waals surface area contributed by atoms with Crippen LogP contribution in [0.4, 0.5) is 0 Å². The molecule has 1 aliphatic rings. The topological polar surface area (TPSA) is 117 Å². The number of nitrogens with zero attached hydrogens (tertiary/aromatic N) is 5. The Morgan fingerprint density at radius 3 is 3.03 bits per heavy atom. The fourth-order valence-corrected chi connectivity index (χ4v) is 4.72. The first-order chi connectivity index (χ1) is 15.6. The van der Waals surface area contributed by atoms with Crippen LogP contribution in [0.25, 0.3) is 38.6 Å². The van der Waals surface area contributed by atoms with Gasteiger partial charge in [0.15, 0.2) is 23.0 Å². The molecule has 1 aromatic carbocycles. The zero-order chi connectivity index (χ0) is 21.8. The van der Waals surface area contributed by atoms with Crippen molar-refractivity contribution in [2.45, 2.75) is 13.8 Å². The third-order valence-corrected chi connectivity index (χ3v) is 6.40. The molecule has 6 rings (SSSR count). The summed E-state index contributed by atoms with van der Waals surface area (Å²) in [5.41, 5.74) is 3.68. The lowest BCUT2D eigenvalue weighted by molar-refractivity contribution is 0.0531. The molecule has 0 atom stereocenters. The normalized spacial score (nSPS) is 12.7. The number of aromatic nitrogens is 6. The van der Waals surface area contributed by atoms with Crippen molar-refractivity contribution in [3.8, 4) is 34.3 Å². The van der Waals surface area contributed by atoms with E-state index in [-0.39, 0.29) is 12.8 Å². The zero-order valence-corrected chi connectivity index (χ0v) is 17.9. The van der Waals surface area contributed by atoms with Gasteiger partial charge in [0.2, 0.25) is 6.79 Å². The van der Waals surface area contributed by atoms with Crippen molar-refractivity contribution in [2.75, 3.05) is 13.4 Å². The van der Waals surface area contributed by atoms with E-state index >= 15 is 0 Å². The van der Waals surface area contributed by atoms with Gasteiger partial charge in [-0.2, -0.15) is 5.10 Å². The quantitative estimate of drug-likeness (QED) is 0.415. The number of carbonyl (C=O) groups excluding carboxylic acids is 1. The maximum absolute atomic E-state index is 12.3. The van der Waals surface area contributed by atoms with Crippen LogP contribution < -0.4 is 9.47 Å². The van der Waals surface area contributed by atoms with E-state index in [0.29, 0.717) is 39.2 Å². The number of aryl methyl sites for hydroxylation is 1. The van der Waals surface area contributed by atoms with Gasteiger partial charge in [-0.1, -0.05) is 0 Å². The number of hydrogen-bond acceptors (Lipinski definition) is 9. The highest BCUT2D eigenvalue weighted by atomic mass is 32.1. The number of H-pyrrole nitrogens is 1.